The zero-order valence-corrected chi connectivity index (χ0v) is 30.4. The highest BCUT2D eigenvalue weighted by Crippen LogP contribution is 2.49. The van der Waals surface area contributed by atoms with Gasteiger partial charge < -0.3 is 34.6 Å². The Bertz CT molecular complexity index is 1840. The van der Waals surface area contributed by atoms with Gasteiger partial charge in [0.25, 0.3) is 0 Å². The third kappa shape index (κ3) is 7.72. The van der Waals surface area contributed by atoms with Gasteiger partial charge in [0.1, 0.15) is 11.5 Å². The number of hydrogen-bond acceptors (Lipinski definition) is 10. The molecule has 3 heterocycles. The first-order valence-corrected chi connectivity index (χ1v) is 18.8. The van der Waals surface area contributed by atoms with Crippen molar-refractivity contribution in [3.8, 4) is 17.2 Å². The van der Waals surface area contributed by atoms with Gasteiger partial charge in [-0.1, -0.05) is 50.7 Å². The molecule has 14 heteroatoms. The highest BCUT2D eigenvalue weighted by molar-refractivity contribution is 8.00. The summed E-state index contributed by atoms with van der Waals surface area (Å²) < 4.78 is 43.6. The Morgan fingerprint density at radius 3 is 2.55 bits per heavy atom. The molecule has 0 spiro atoms. The number of rotatable bonds is 10. The van der Waals surface area contributed by atoms with Crippen molar-refractivity contribution in [3.05, 3.63) is 78.1 Å². The first-order valence-electron chi connectivity index (χ1n) is 16.1. The molecule has 2 amide bonds. The maximum Gasteiger partial charge on any atom is 0.319 e. The number of methoxy groups -OCH3 is 1. The summed E-state index contributed by atoms with van der Waals surface area (Å²) in [6.07, 6.45) is 5.40. The zero-order chi connectivity index (χ0) is 34.9. The van der Waals surface area contributed by atoms with E-state index in [1.54, 1.807) is 6.07 Å². The summed E-state index contributed by atoms with van der Waals surface area (Å²) in [4.78, 5) is 21.5. The summed E-state index contributed by atoms with van der Waals surface area (Å²) >= 11 is 1.82. The van der Waals surface area contributed by atoms with Crippen molar-refractivity contribution >= 4 is 44.9 Å². The van der Waals surface area contributed by atoms with Gasteiger partial charge >= 0.3 is 6.03 Å². The van der Waals surface area contributed by atoms with Crippen molar-refractivity contribution in [3.63, 3.8) is 0 Å². The summed E-state index contributed by atoms with van der Waals surface area (Å²) in [5, 5.41) is 5.79. The second-order valence-corrected chi connectivity index (χ2v) is 16.4. The highest BCUT2D eigenvalue weighted by atomic mass is 32.2. The predicted molar refractivity (Wildman–Crippen MR) is 194 cm³/mol. The Morgan fingerprint density at radius 2 is 1.84 bits per heavy atom. The molecule has 1 fully saturated rings. The van der Waals surface area contributed by atoms with Crippen LogP contribution in [0, 0.1) is 0 Å². The van der Waals surface area contributed by atoms with Crippen molar-refractivity contribution in [2.45, 2.75) is 43.1 Å². The Morgan fingerprint density at radius 1 is 1.08 bits per heavy atom. The van der Waals surface area contributed by atoms with Crippen LogP contribution in [0.15, 0.2) is 71.9 Å². The number of carbonyl (C=O) groups is 1. The van der Waals surface area contributed by atoms with Gasteiger partial charge in [0, 0.05) is 55.6 Å². The molecule has 3 aliphatic heterocycles. The molecule has 12 nitrogen and oxygen atoms in total. The number of nitrogens with zero attached hydrogens (tertiary/aromatic N) is 4. The minimum absolute atomic E-state index is 0.161. The van der Waals surface area contributed by atoms with E-state index in [2.05, 4.69) is 49.9 Å². The van der Waals surface area contributed by atoms with Gasteiger partial charge in [0.15, 0.2) is 11.2 Å². The molecule has 0 bridgehead atoms. The Balaban J connectivity index is 1.14. The maximum absolute atomic E-state index is 13.3. The molecule has 49 heavy (non-hydrogen) atoms. The lowest BCUT2D eigenvalue weighted by molar-refractivity contribution is 0.0183. The largest absolute Gasteiger partial charge is 0.492 e. The van der Waals surface area contributed by atoms with Crippen LogP contribution in [0.3, 0.4) is 0 Å². The summed E-state index contributed by atoms with van der Waals surface area (Å²) in [6.45, 7) is 10.5. The van der Waals surface area contributed by atoms with E-state index >= 15 is 0 Å². The number of anilines is 3. The number of urea groups is 1. The lowest BCUT2D eigenvalue weighted by Gasteiger charge is -2.33. The second-order valence-electron chi connectivity index (χ2n) is 13.2. The van der Waals surface area contributed by atoms with Crippen molar-refractivity contribution < 1.29 is 27.4 Å². The maximum atomic E-state index is 13.3. The predicted octanol–water partition coefficient (Wildman–Crippen LogP) is 5.77. The second kappa shape index (κ2) is 14.0. The van der Waals surface area contributed by atoms with Gasteiger partial charge in [-0.15, -0.1) is 0 Å². The summed E-state index contributed by atoms with van der Waals surface area (Å²) in [6, 6.07) is 16.8. The van der Waals surface area contributed by atoms with Crippen LogP contribution >= 0.6 is 11.8 Å². The number of morpholine rings is 1. The Kier molecular flexibility index (Phi) is 9.94. The van der Waals surface area contributed by atoms with E-state index in [1.165, 1.54) is 19.1 Å². The molecule has 1 saturated heterocycles. The van der Waals surface area contributed by atoms with Crippen LogP contribution in [-0.4, -0.2) is 83.1 Å². The SMILES string of the molecule is COc1c(NC(=O)NCc2ccccc2Oc2ccc3c(c2)N2C=CN(CN4CCOCC4)C2S3)cc(C(C)(C)C)cc1N(C)S(C)(=O)=O. The Hall–Kier alpha value is -4.11. The number of hydrogen-bond donors (Lipinski definition) is 2. The molecule has 6 rings (SSSR count). The van der Waals surface area contributed by atoms with Crippen LogP contribution in [-0.2, 0) is 26.7 Å². The first kappa shape index (κ1) is 34.7. The zero-order valence-electron chi connectivity index (χ0n) is 28.7. The number of fused-ring (bicyclic) bond motifs is 3. The van der Waals surface area contributed by atoms with Gasteiger partial charge in [-0.3, -0.25) is 9.21 Å². The van der Waals surface area contributed by atoms with Crippen LogP contribution < -0.4 is 29.3 Å². The van der Waals surface area contributed by atoms with Crippen LogP contribution in [0.4, 0.5) is 21.9 Å². The van der Waals surface area contributed by atoms with Crippen LogP contribution in [0.25, 0.3) is 0 Å². The number of ether oxygens (including phenoxy) is 3. The minimum Gasteiger partial charge on any atom is -0.492 e. The van der Waals surface area contributed by atoms with Crippen LogP contribution in [0.2, 0.25) is 0 Å². The molecule has 3 aromatic rings. The third-order valence-corrected chi connectivity index (χ3v) is 11.2. The van der Waals surface area contributed by atoms with Gasteiger partial charge in [-0.2, -0.15) is 0 Å². The smallest absolute Gasteiger partial charge is 0.319 e. The molecule has 3 aliphatic rings. The molecule has 2 N–H and O–H groups in total. The summed E-state index contributed by atoms with van der Waals surface area (Å²) in [5.41, 5.74) is 3.24. The summed E-state index contributed by atoms with van der Waals surface area (Å²) in [5.74, 6) is 1.57. The third-order valence-electron chi connectivity index (χ3n) is 8.71. The van der Waals surface area contributed by atoms with Gasteiger partial charge in [0.2, 0.25) is 10.0 Å². The number of sulfonamides is 1. The highest BCUT2D eigenvalue weighted by Gasteiger charge is 2.37. The molecule has 1 atom stereocenters. The van der Waals surface area contributed by atoms with Crippen molar-refractivity contribution in [2.24, 2.45) is 0 Å². The standard InChI is InChI=1S/C35H44N6O6S2/c1-35(2,3)25-19-27(32(45-5)29(20-25)38(4)49(6,43)44)37-33(42)36-22-24-9-7-8-10-30(24)47-26-11-12-31-28(21-26)41-14-13-40(34(41)48-31)23-39-15-17-46-18-16-39/h7-14,19-21,34H,15-18,22-23H2,1-6H3,(H2,36,37,42). The molecule has 262 valence electrons. The fourth-order valence-electron chi connectivity index (χ4n) is 5.84. The van der Waals surface area contributed by atoms with Crippen molar-refractivity contribution in [2.75, 3.05) is 67.9 Å². The topological polar surface area (TPSA) is 116 Å². The van der Waals surface area contributed by atoms with Gasteiger partial charge in [0.05, 0.1) is 50.3 Å². The van der Waals surface area contributed by atoms with Crippen molar-refractivity contribution in [1.82, 2.24) is 15.1 Å². The number of amides is 2. The molecule has 0 aliphatic carbocycles. The number of para-hydroxylation sites is 1. The minimum atomic E-state index is -3.59. The molecule has 3 aromatic carbocycles. The van der Waals surface area contributed by atoms with E-state index in [0.717, 1.165) is 60.3 Å². The van der Waals surface area contributed by atoms with E-state index in [-0.39, 0.29) is 23.2 Å². The van der Waals surface area contributed by atoms with E-state index in [1.807, 2.05) is 68.9 Å². The quantitative estimate of drug-likeness (QED) is 0.269. The number of nitrogens with one attached hydrogen (secondary N) is 2. The normalized spacial score (nSPS) is 17.5. The molecule has 0 radical (unpaired) electrons. The average molecular weight is 709 g/mol. The van der Waals surface area contributed by atoms with Crippen LogP contribution in [0.5, 0.6) is 17.2 Å². The number of benzene rings is 3. The van der Waals surface area contributed by atoms with E-state index in [9.17, 15) is 13.2 Å². The van der Waals surface area contributed by atoms with E-state index in [4.69, 9.17) is 14.2 Å². The number of thioether (sulfide) groups is 1. The van der Waals surface area contributed by atoms with Gasteiger partial charge in [-0.05, 0) is 41.3 Å². The average Bonchev–Trinajstić information content (AvgIpc) is 3.62. The molecule has 0 saturated carbocycles. The molecule has 1 unspecified atom stereocenters. The fourth-order valence-corrected chi connectivity index (χ4v) is 7.56. The lowest BCUT2D eigenvalue weighted by Crippen LogP contribution is -2.45. The number of carbonyl (C=O) groups excluding carboxylic acids is 1. The molecule has 0 aromatic heterocycles. The van der Waals surface area contributed by atoms with Gasteiger partial charge in [-0.25, -0.2) is 13.2 Å². The fraction of sp³-hybridized carbons (Fsp3) is 0.400. The first-order chi connectivity index (χ1) is 23.3. The Labute approximate surface area is 293 Å². The van der Waals surface area contributed by atoms with E-state index in [0.29, 0.717) is 22.9 Å². The van der Waals surface area contributed by atoms with Crippen molar-refractivity contribution in [1.29, 1.82) is 0 Å². The molecular weight excluding hydrogens is 665 g/mol. The molecular formula is C35H44N6O6S2. The monoisotopic (exact) mass is 708 g/mol. The van der Waals surface area contributed by atoms with E-state index < -0.39 is 16.1 Å². The summed E-state index contributed by atoms with van der Waals surface area (Å²) in [7, 11) is -0.686. The lowest BCUT2D eigenvalue weighted by atomic mass is 9.86. The van der Waals surface area contributed by atoms with Crippen LogP contribution in [0.1, 0.15) is 31.9 Å².